The van der Waals surface area contributed by atoms with Crippen molar-refractivity contribution in [3.05, 3.63) is 12.2 Å². The van der Waals surface area contributed by atoms with Gasteiger partial charge in [0.25, 0.3) is 0 Å². The molecule has 0 N–H and O–H groups in total. The van der Waals surface area contributed by atoms with Crippen LogP contribution in [0.15, 0.2) is 12.2 Å². The van der Waals surface area contributed by atoms with Gasteiger partial charge in [0.15, 0.2) is 6.10 Å². The molecule has 0 saturated carbocycles. The van der Waals surface area contributed by atoms with Crippen molar-refractivity contribution in [3.8, 4) is 0 Å². The van der Waals surface area contributed by atoms with Gasteiger partial charge in [0.1, 0.15) is 12.6 Å². The molecule has 2 atom stereocenters. The number of rotatable bonds is 39. The van der Waals surface area contributed by atoms with E-state index in [0.29, 0.717) is 12.8 Å². The van der Waals surface area contributed by atoms with Gasteiger partial charge >= 0.3 is 11.9 Å². The van der Waals surface area contributed by atoms with Gasteiger partial charge in [-0.1, -0.05) is 154 Å². The van der Waals surface area contributed by atoms with Crippen molar-refractivity contribution >= 4 is 17.9 Å². The molecule has 0 spiro atoms. The fourth-order valence-corrected chi connectivity index (χ4v) is 6.48. The Morgan fingerprint density at radius 2 is 0.962 bits per heavy atom. The summed E-state index contributed by atoms with van der Waals surface area (Å²) in [5.74, 6) is -1.74. The highest BCUT2D eigenvalue weighted by Gasteiger charge is 2.25. The van der Waals surface area contributed by atoms with Gasteiger partial charge in [-0.15, -0.1) is 0 Å². The first kappa shape index (κ1) is 50.1. The number of carbonyl (C=O) groups is 3. The zero-order valence-corrected chi connectivity index (χ0v) is 34.7. The van der Waals surface area contributed by atoms with E-state index in [0.717, 1.165) is 51.4 Å². The maximum absolute atomic E-state index is 12.7. The molecule has 0 amide bonds. The summed E-state index contributed by atoms with van der Waals surface area (Å²) in [5.41, 5.74) is 0. The third-order valence-electron chi connectivity index (χ3n) is 9.90. The summed E-state index contributed by atoms with van der Waals surface area (Å²) in [4.78, 5) is 36.8. The number of allylic oxidation sites excluding steroid dienone is 2. The molecule has 0 radical (unpaired) electrons. The Kier molecular flexibility index (Phi) is 34.7. The van der Waals surface area contributed by atoms with E-state index in [9.17, 15) is 19.5 Å². The molecule has 0 rings (SSSR count). The average molecular weight is 738 g/mol. The first-order valence-corrected chi connectivity index (χ1v) is 21.7. The quantitative estimate of drug-likeness (QED) is 0.0268. The van der Waals surface area contributed by atoms with E-state index in [4.69, 9.17) is 14.2 Å². The van der Waals surface area contributed by atoms with Crippen molar-refractivity contribution in [2.75, 3.05) is 41.0 Å². The molecule has 0 aromatic heterocycles. The van der Waals surface area contributed by atoms with Gasteiger partial charge in [0, 0.05) is 19.3 Å². The molecule has 0 aliphatic rings. The summed E-state index contributed by atoms with van der Waals surface area (Å²) in [5, 5.41) is 11.6. The Balaban J connectivity index is 4.34. The molecule has 0 aliphatic carbocycles. The van der Waals surface area contributed by atoms with Crippen LogP contribution in [0.3, 0.4) is 0 Å². The summed E-state index contributed by atoms with van der Waals surface area (Å²) >= 11 is 0. The van der Waals surface area contributed by atoms with E-state index in [1.54, 1.807) is 21.1 Å². The lowest BCUT2D eigenvalue weighted by Gasteiger charge is -2.34. The van der Waals surface area contributed by atoms with Crippen molar-refractivity contribution in [3.63, 3.8) is 0 Å². The molecule has 52 heavy (non-hydrogen) atoms. The second-order valence-electron chi connectivity index (χ2n) is 15.9. The van der Waals surface area contributed by atoms with Crippen LogP contribution in [0.5, 0.6) is 0 Å². The lowest BCUT2D eigenvalue weighted by molar-refractivity contribution is -0.889. The normalized spacial score (nSPS) is 13.0. The molecule has 8 nitrogen and oxygen atoms in total. The van der Waals surface area contributed by atoms with Crippen LogP contribution in [0.4, 0.5) is 0 Å². The highest BCUT2D eigenvalue weighted by Crippen LogP contribution is 2.15. The topological polar surface area (TPSA) is 102 Å². The van der Waals surface area contributed by atoms with Crippen LogP contribution in [0.1, 0.15) is 200 Å². The number of aliphatic carboxylic acids is 1. The molecule has 0 aromatic rings. The number of nitrogens with zero attached hydrogens (tertiary/aromatic N) is 1. The minimum Gasteiger partial charge on any atom is -0.544 e. The summed E-state index contributed by atoms with van der Waals surface area (Å²) in [7, 11) is 5.40. The third-order valence-corrected chi connectivity index (χ3v) is 9.90. The lowest BCUT2D eigenvalue weighted by atomic mass is 10.0. The number of carbonyl (C=O) groups excluding carboxylic acids is 3. The molecule has 8 heteroatoms. The third kappa shape index (κ3) is 33.9. The molecular weight excluding hydrogens is 654 g/mol. The number of carboxylic acids is 1. The van der Waals surface area contributed by atoms with Crippen LogP contribution < -0.4 is 5.11 Å². The molecule has 0 bridgehead atoms. The zero-order chi connectivity index (χ0) is 38.5. The molecule has 306 valence electrons. The Morgan fingerprint density at radius 3 is 1.40 bits per heavy atom. The maximum atomic E-state index is 12.7. The monoisotopic (exact) mass is 738 g/mol. The number of quaternary nitrogens is 1. The number of hydrogen-bond acceptors (Lipinski definition) is 7. The zero-order valence-electron chi connectivity index (χ0n) is 34.7. The number of ether oxygens (including phenoxy) is 3. The molecule has 0 fully saturated rings. The van der Waals surface area contributed by atoms with E-state index in [1.807, 2.05) is 0 Å². The van der Waals surface area contributed by atoms with Crippen LogP contribution in [0.2, 0.25) is 0 Å². The number of esters is 2. The lowest BCUT2D eigenvalue weighted by Crippen LogP contribution is -2.55. The Morgan fingerprint density at radius 1 is 0.558 bits per heavy atom. The standard InChI is InChI=1S/C44H83NO7/c1-6-8-10-12-14-16-18-20-21-23-24-26-28-30-32-34-42(46)51-39-40(38-50-37-36-41(44(48)49)45(3,4)5)52-43(47)35-33-31-29-27-25-22-19-17-15-13-11-9-7-2/h22,25,40-41H,6-21,23-24,26-39H2,1-5H3/b25-22+. The fraction of sp³-hybridized carbons (Fsp3) is 0.886. The Bertz CT molecular complexity index is 869. The first-order valence-electron chi connectivity index (χ1n) is 21.7. The van der Waals surface area contributed by atoms with Gasteiger partial charge in [-0.3, -0.25) is 9.59 Å². The molecule has 0 heterocycles. The first-order chi connectivity index (χ1) is 25.1. The summed E-state index contributed by atoms with van der Waals surface area (Å²) < 4.78 is 17.1. The molecule has 2 unspecified atom stereocenters. The Labute approximate surface area is 320 Å². The molecule has 0 aromatic carbocycles. The van der Waals surface area contributed by atoms with Crippen LogP contribution in [0.25, 0.3) is 0 Å². The average Bonchev–Trinajstić information content (AvgIpc) is 3.09. The van der Waals surface area contributed by atoms with Crippen LogP contribution >= 0.6 is 0 Å². The minimum atomic E-state index is -1.12. The largest absolute Gasteiger partial charge is 0.544 e. The molecular formula is C44H83NO7. The van der Waals surface area contributed by atoms with E-state index in [-0.39, 0.29) is 42.7 Å². The number of likely N-dealkylation sites (N-methyl/N-ethyl adjacent to an activating group) is 1. The van der Waals surface area contributed by atoms with E-state index in [2.05, 4.69) is 26.0 Å². The van der Waals surface area contributed by atoms with Gasteiger partial charge in [0.2, 0.25) is 0 Å². The van der Waals surface area contributed by atoms with Crippen molar-refractivity contribution in [1.82, 2.24) is 0 Å². The van der Waals surface area contributed by atoms with Crippen LogP contribution in [-0.4, -0.2) is 75.5 Å². The summed E-state index contributed by atoms with van der Waals surface area (Å²) in [6.07, 6.45) is 36.6. The van der Waals surface area contributed by atoms with Crippen molar-refractivity contribution in [2.45, 2.75) is 212 Å². The van der Waals surface area contributed by atoms with Gasteiger partial charge < -0.3 is 28.6 Å². The maximum Gasteiger partial charge on any atom is 0.306 e. The van der Waals surface area contributed by atoms with Crippen molar-refractivity contribution in [2.24, 2.45) is 0 Å². The van der Waals surface area contributed by atoms with Crippen LogP contribution in [0, 0.1) is 0 Å². The van der Waals surface area contributed by atoms with Crippen molar-refractivity contribution in [1.29, 1.82) is 0 Å². The second-order valence-corrected chi connectivity index (χ2v) is 15.9. The molecule has 0 aliphatic heterocycles. The fourth-order valence-electron chi connectivity index (χ4n) is 6.48. The SMILES string of the molecule is CCCCCCCC/C=C/CCCCCC(=O)OC(COCCC(C(=O)[O-])[N+](C)(C)C)COC(=O)CCCCCCCCCCCCCCCCC. The van der Waals surface area contributed by atoms with Gasteiger partial charge in [0.05, 0.1) is 40.3 Å². The minimum absolute atomic E-state index is 0.0400. The van der Waals surface area contributed by atoms with E-state index in [1.165, 1.54) is 116 Å². The van der Waals surface area contributed by atoms with E-state index < -0.39 is 18.1 Å². The highest BCUT2D eigenvalue weighted by atomic mass is 16.6. The van der Waals surface area contributed by atoms with Crippen molar-refractivity contribution < 1.29 is 38.2 Å². The summed E-state index contributed by atoms with van der Waals surface area (Å²) in [6.45, 7) is 4.65. The Hall–Kier alpha value is -1.93. The predicted molar refractivity (Wildman–Crippen MR) is 213 cm³/mol. The van der Waals surface area contributed by atoms with Gasteiger partial charge in [-0.05, 0) is 38.5 Å². The van der Waals surface area contributed by atoms with Gasteiger partial charge in [-0.25, -0.2) is 0 Å². The highest BCUT2D eigenvalue weighted by molar-refractivity contribution is 5.70. The second kappa shape index (κ2) is 36.1. The van der Waals surface area contributed by atoms with Gasteiger partial charge in [-0.2, -0.15) is 0 Å². The number of unbranched alkanes of at least 4 members (excludes halogenated alkanes) is 23. The predicted octanol–water partition coefficient (Wildman–Crippen LogP) is 10.2. The smallest absolute Gasteiger partial charge is 0.306 e. The summed E-state index contributed by atoms with van der Waals surface area (Å²) in [6, 6.07) is -0.723. The number of hydrogen-bond donors (Lipinski definition) is 0. The van der Waals surface area contributed by atoms with E-state index >= 15 is 0 Å². The van der Waals surface area contributed by atoms with Crippen LogP contribution in [-0.2, 0) is 28.6 Å². The molecule has 0 saturated heterocycles. The number of carboxylic acid groups (broad SMARTS) is 1.